The molecule has 5 rings (SSSR count). The maximum absolute atomic E-state index is 13.0. The number of thiocarbonyl (C=S) groups is 1. The molecule has 37 heavy (non-hydrogen) atoms. The normalized spacial score (nSPS) is 17.0. The van der Waals surface area contributed by atoms with Crippen molar-refractivity contribution in [2.75, 3.05) is 11.9 Å². The molecule has 0 bridgehead atoms. The SMILES string of the molecule is CCc1ccccc1NC(=O)CCN1C(=S)N[C@@H](c2ccccn2)[C@@H]1c1cccn1Cc1cccnc1. The number of hydrogen-bond donors (Lipinski definition) is 2. The molecule has 1 fully saturated rings. The van der Waals surface area contributed by atoms with Crippen molar-refractivity contribution < 1.29 is 4.79 Å². The molecule has 2 N–H and O–H groups in total. The Hall–Kier alpha value is -4.04. The topological polar surface area (TPSA) is 75.1 Å². The number of nitrogens with one attached hydrogen (secondary N) is 2. The molecule has 0 spiro atoms. The van der Waals surface area contributed by atoms with Crippen LogP contribution in [0.5, 0.6) is 0 Å². The molecule has 1 aliphatic heterocycles. The second kappa shape index (κ2) is 11.3. The fourth-order valence-corrected chi connectivity index (χ4v) is 5.21. The zero-order valence-electron chi connectivity index (χ0n) is 20.7. The van der Waals surface area contributed by atoms with Crippen LogP contribution < -0.4 is 10.6 Å². The number of aryl methyl sites for hydroxylation is 1. The lowest BCUT2D eigenvalue weighted by molar-refractivity contribution is -0.116. The van der Waals surface area contributed by atoms with E-state index in [4.69, 9.17) is 12.2 Å². The first kappa shape index (κ1) is 24.6. The average Bonchev–Trinajstić information content (AvgIpc) is 3.52. The molecular weight excluding hydrogens is 480 g/mol. The van der Waals surface area contributed by atoms with Crippen molar-refractivity contribution in [2.24, 2.45) is 0 Å². The maximum atomic E-state index is 13.0. The molecular formula is C29H30N6OS. The van der Waals surface area contributed by atoms with E-state index in [1.165, 1.54) is 0 Å². The number of nitrogens with zero attached hydrogens (tertiary/aromatic N) is 4. The number of anilines is 1. The largest absolute Gasteiger partial charge is 0.352 e. The van der Waals surface area contributed by atoms with Crippen LogP contribution in [0.1, 0.15) is 47.9 Å². The highest BCUT2D eigenvalue weighted by atomic mass is 32.1. The minimum Gasteiger partial charge on any atom is -0.352 e. The van der Waals surface area contributed by atoms with E-state index in [1.54, 1.807) is 12.4 Å². The summed E-state index contributed by atoms with van der Waals surface area (Å²) in [6.07, 6.45) is 8.71. The molecule has 2 atom stereocenters. The Kier molecular flexibility index (Phi) is 7.56. The van der Waals surface area contributed by atoms with Crippen LogP contribution in [0.15, 0.2) is 91.5 Å². The Morgan fingerprint density at radius 1 is 1.05 bits per heavy atom. The predicted molar refractivity (Wildman–Crippen MR) is 149 cm³/mol. The van der Waals surface area contributed by atoms with E-state index in [2.05, 4.69) is 61.4 Å². The molecule has 0 unspecified atom stereocenters. The zero-order chi connectivity index (χ0) is 25.6. The summed E-state index contributed by atoms with van der Waals surface area (Å²) in [4.78, 5) is 24.0. The number of carbonyl (C=O) groups excluding carboxylic acids is 1. The van der Waals surface area contributed by atoms with E-state index in [0.29, 0.717) is 24.6 Å². The molecule has 0 radical (unpaired) electrons. The van der Waals surface area contributed by atoms with Crippen LogP contribution in [0.25, 0.3) is 0 Å². The highest BCUT2D eigenvalue weighted by molar-refractivity contribution is 7.80. The van der Waals surface area contributed by atoms with Gasteiger partial charge in [-0.3, -0.25) is 14.8 Å². The molecule has 1 aromatic carbocycles. The van der Waals surface area contributed by atoms with Gasteiger partial charge in [0.25, 0.3) is 0 Å². The van der Waals surface area contributed by atoms with Crippen LogP contribution in [0.2, 0.25) is 0 Å². The van der Waals surface area contributed by atoms with Gasteiger partial charge in [-0.2, -0.15) is 0 Å². The summed E-state index contributed by atoms with van der Waals surface area (Å²) in [7, 11) is 0. The summed E-state index contributed by atoms with van der Waals surface area (Å²) >= 11 is 5.80. The Morgan fingerprint density at radius 2 is 1.92 bits per heavy atom. The van der Waals surface area contributed by atoms with Gasteiger partial charge in [0.15, 0.2) is 5.11 Å². The molecule has 0 aliphatic carbocycles. The van der Waals surface area contributed by atoms with E-state index in [-0.39, 0.29) is 18.0 Å². The standard InChI is InChI=1S/C29H30N6OS/c1-2-22-10-3-4-11-23(22)32-26(36)14-18-35-28(27(33-29(35)37)24-12-5-6-16-31-24)25-13-8-17-34(25)20-21-9-7-15-30-19-21/h3-13,15-17,19,27-28H,2,14,18,20H2,1H3,(H,32,36)(H,33,37)/t27-,28-/m0/s1. The Labute approximate surface area is 222 Å². The van der Waals surface area contributed by atoms with Crippen molar-refractivity contribution >= 4 is 28.9 Å². The van der Waals surface area contributed by atoms with Crippen molar-refractivity contribution in [1.82, 2.24) is 24.8 Å². The van der Waals surface area contributed by atoms with Crippen molar-refractivity contribution in [3.05, 3.63) is 114 Å². The van der Waals surface area contributed by atoms with Crippen molar-refractivity contribution in [1.29, 1.82) is 0 Å². The zero-order valence-corrected chi connectivity index (χ0v) is 21.6. The molecule has 4 heterocycles. The van der Waals surface area contributed by atoms with E-state index < -0.39 is 0 Å². The number of hydrogen-bond acceptors (Lipinski definition) is 4. The van der Waals surface area contributed by atoms with Gasteiger partial charge in [0.1, 0.15) is 0 Å². The van der Waals surface area contributed by atoms with Gasteiger partial charge in [0.2, 0.25) is 5.91 Å². The number of para-hydroxylation sites is 1. The van der Waals surface area contributed by atoms with Crippen molar-refractivity contribution in [3.8, 4) is 0 Å². The monoisotopic (exact) mass is 510 g/mol. The minimum atomic E-state index is -0.139. The van der Waals surface area contributed by atoms with Crippen molar-refractivity contribution in [2.45, 2.75) is 38.4 Å². The van der Waals surface area contributed by atoms with Gasteiger partial charge in [-0.1, -0.05) is 37.3 Å². The van der Waals surface area contributed by atoms with Crippen LogP contribution in [0.3, 0.4) is 0 Å². The first-order chi connectivity index (χ1) is 18.1. The van der Waals surface area contributed by atoms with E-state index >= 15 is 0 Å². The molecule has 4 aromatic rings. The molecule has 1 aliphatic rings. The fourth-order valence-electron chi connectivity index (χ4n) is 4.88. The van der Waals surface area contributed by atoms with Gasteiger partial charge in [0, 0.05) is 55.7 Å². The molecule has 3 aromatic heterocycles. The second-order valence-corrected chi connectivity index (χ2v) is 9.44. The van der Waals surface area contributed by atoms with Crippen LogP contribution in [0.4, 0.5) is 5.69 Å². The third kappa shape index (κ3) is 5.54. The summed E-state index contributed by atoms with van der Waals surface area (Å²) in [6, 6.07) is 21.8. The summed E-state index contributed by atoms with van der Waals surface area (Å²) in [6.45, 7) is 3.26. The van der Waals surface area contributed by atoms with Gasteiger partial charge in [-0.15, -0.1) is 0 Å². The van der Waals surface area contributed by atoms with Crippen molar-refractivity contribution in [3.63, 3.8) is 0 Å². The Morgan fingerprint density at radius 3 is 2.70 bits per heavy atom. The highest BCUT2D eigenvalue weighted by Gasteiger charge is 2.41. The predicted octanol–water partition coefficient (Wildman–Crippen LogP) is 4.89. The van der Waals surface area contributed by atoms with Gasteiger partial charge >= 0.3 is 0 Å². The molecule has 0 saturated carbocycles. The second-order valence-electron chi connectivity index (χ2n) is 9.05. The third-order valence-electron chi connectivity index (χ3n) is 6.69. The lowest BCUT2D eigenvalue weighted by Gasteiger charge is -2.29. The van der Waals surface area contributed by atoms with Gasteiger partial charge < -0.3 is 20.1 Å². The van der Waals surface area contributed by atoms with Crippen LogP contribution in [-0.2, 0) is 17.8 Å². The van der Waals surface area contributed by atoms with Crippen LogP contribution in [-0.4, -0.2) is 37.0 Å². The van der Waals surface area contributed by atoms with Gasteiger partial charge in [-0.05, 0) is 66.2 Å². The summed E-state index contributed by atoms with van der Waals surface area (Å²) in [5.74, 6) is -0.0329. The number of amides is 1. The minimum absolute atomic E-state index is 0.0329. The molecule has 8 heteroatoms. The highest BCUT2D eigenvalue weighted by Crippen LogP contribution is 2.39. The number of benzene rings is 1. The van der Waals surface area contributed by atoms with E-state index in [0.717, 1.165) is 34.6 Å². The molecule has 1 amide bonds. The molecule has 7 nitrogen and oxygen atoms in total. The number of rotatable bonds is 9. The smallest absolute Gasteiger partial charge is 0.226 e. The van der Waals surface area contributed by atoms with E-state index in [9.17, 15) is 4.79 Å². The number of aromatic nitrogens is 3. The summed E-state index contributed by atoms with van der Waals surface area (Å²) < 4.78 is 2.22. The van der Waals surface area contributed by atoms with E-state index in [1.807, 2.05) is 54.7 Å². The molecule has 188 valence electrons. The van der Waals surface area contributed by atoms with Gasteiger partial charge in [-0.25, -0.2) is 0 Å². The Balaban J connectivity index is 1.40. The lowest BCUT2D eigenvalue weighted by Crippen LogP contribution is -2.33. The Bertz CT molecular complexity index is 1360. The summed E-state index contributed by atoms with van der Waals surface area (Å²) in [5, 5.41) is 7.18. The first-order valence-corrected chi connectivity index (χ1v) is 12.9. The first-order valence-electron chi connectivity index (χ1n) is 12.5. The fraction of sp³-hybridized carbons (Fsp3) is 0.241. The lowest BCUT2D eigenvalue weighted by atomic mass is 10.0. The number of pyridine rings is 2. The maximum Gasteiger partial charge on any atom is 0.226 e. The van der Waals surface area contributed by atoms with Gasteiger partial charge in [0.05, 0.1) is 17.8 Å². The van der Waals surface area contributed by atoms with Crippen LogP contribution >= 0.6 is 12.2 Å². The third-order valence-corrected chi connectivity index (χ3v) is 7.05. The average molecular weight is 511 g/mol. The molecule has 1 saturated heterocycles. The van der Waals surface area contributed by atoms with Crippen LogP contribution in [0, 0.1) is 0 Å². The quantitative estimate of drug-likeness (QED) is 0.312. The summed E-state index contributed by atoms with van der Waals surface area (Å²) in [5.41, 5.74) is 5.11. The number of carbonyl (C=O) groups is 1.